The van der Waals surface area contributed by atoms with Crippen molar-refractivity contribution in [1.82, 2.24) is 0 Å². The molecular formula is C9H4Cl2N2O2. The molecule has 0 aliphatic carbocycles. The molecule has 6 heteroatoms. The summed E-state index contributed by atoms with van der Waals surface area (Å²) in [5, 5.41) is 19.3. The summed E-state index contributed by atoms with van der Waals surface area (Å²) in [5.74, 6) is 0. The molecule has 0 saturated heterocycles. The molecule has 1 aromatic carbocycles. The first-order valence-corrected chi connectivity index (χ1v) is 4.51. The van der Waals surface area contributed by atoms with Crippen LogP contribution in [0.3, 0.4) is 0 Å². The van der Waals surface area contributed by atoms with E-state index in [0.717, 1.165) is 12.1 Å². The topological polar surface area (TPSA) is 66.9 Å². The van der Waals surface area contributed by atoms with Gasteiger partial charge in [-0.25, -0.2) is 0 Å². The molecule has 0 bridgehead atoms. The van der Waals surface area contributed by atoms with E-state index in [0.29, 0.717) is 0 Å². The standard InChI is InChI=1S/C9H4Cl2N2O2/c10-7-4-6(2-1-3-12)9(13(14)15)5-8(7)11/h1-2,4-5H. The Morgan fingerprint density at radius 3 is 2.53 bits per heavy atom. The molecule has 0 amide bonds. The van der Waals surface area contributed by atoms with E-state index in [1.807, 2.05) is 0 Å². The Morgan fingerprint density at radius 1 is 1.40 bits per heavy atom. The van der Waals surface area contributed by atoms with Gasteiger partial charge in [0, 0.05) is 12.1 Å². The van der Waals surface area contributed by atoms with Crippen molar-refractivity contribution >= 4 is 35.0 Å². The van der Waals surface area contributed by atoms with Gasteiger partial charge in [0.2, 0.25) is 0 Å². The number of nitrogens with zero attached hydrogens (tertiary/aromatic N) is 2. The van der Waals surface area contributed by atoms with Crippen LogP contribution in [0.2, 0.25) is 10.0 Å². The van der Waals surface area contributed by atoms with E-state index in [9.17, 15) is 10.1 Å². The lowest BCUT2D eigenvalue weighted by atomic mass is 10.1. The number of nitro benzene ring substituents is 1. The first kappa shape index (κ1) is 11.5. The van der Waals surface area contributed by atoms with Crippen LogP contribution >= 0.6 is 23.2 Å². The molecule has 4 nitrogen and oxygen atoms in total. The van der Waals surface area contributed by atoms with Crippen molar-refractivity contribution in [3.05, 3.63) is 43.9 Å². The van der Waals surface area contributed by atoms with Crippen LogP contribution in [0.5, 0.6) is 0 Å². The molecular weight excluding hydrogens is 239 g/mol. The van der Waals surface area contributed by atoms with E-state index in [4.69, 9.17) is 28.5 Å². The van der Waals surface area contributed by atoms with Gasteiger partial charge in [-0.2, -0.15) is 5.26 Å². The summed E-state index contributed by atoms with van der Waals surface area (Å²) < 4.78 is 0. The van der Waals surface area contributed by atoms with Crippen LogP contribution in [0, 0.1) is 21.4 Å². The SMILES string of the molecule is N#CC=Cc1cc(Cl)c(Cl)cc1[N+](=O)[O-]. The van der Waals surface area contributed by atoms with Crippen LogP contribution in [0.4, 0.5) is 5.69 Å². The molecule has 0 spiro atoms. The minimum Gasteiger partial charge on any atom is -0.258 e. The van der Waals surface area contributed by atoms with Crippen LogP contribution in [0.15, 0.2) is 18.2 Å². The molecule has 0 fully saturated rings. The van der Waals surface area contributed by atoms with Crippen LogP contribution in [0.1, 0.15) is 5.56 Å². The van der Waals surface area contributed by atoms with Gasteiger partial charge in [0.1, 0.15) is 0 Å². The molecule has 0 atom stereocenters. The summed E-state index contributed by atoms with van der Waals surface area (Å²) in [4.78, 5) is 10.1. The highest BCUT2D eigenvalue weighted by Gasteiger charge is 2.14. The maximum atomic E-state index is 10.6. The minimum absolute atomic E-state index is 0.109. The zero-order valence-corrected chi connectivity index (χ0v) is 8.79. The summed E-state index contributed by atoms with van der Waals surface area (Å²) >= 11 is 11.3. The quantitative estimate of drug-likeness (QED) is 0.453. The summed E-state index contributed by atoms with van der Waals surface area (Å²) in [6, 6.07) is 4.23. The number of benzene rings is 1. The fraction of sp³-hybridized carbons (Fsp3) is 0. The smallest absolute Gasteiger partial charge is 0.258 e. The van der Waals surface area contributed by atoms with Gasteiger partial charge in [-0.15, -0.1) is 0 Å². The van der Waals surface area contributed by atoms with E-state index in [2.05, 4.69) is 0 Å². The van der Waals surface area contributed by atoms with Gasteiger partial charge in [0.25, 0.3) is 5.69 Å². The lowest BCUT2D eigenvalue weighted by Gasteiger charge is -2.00. The number of rotatable bonds is 2. The minimum atomic E-state index is -0.584. The second kappa shape index (κ2) is 4.78. The molecule has 0 radical (unpaired) electrons. The zero-order chi connectivity index (χ0) is 11.4. The lowest BCUT2D eigenvalue weighted by Crippen LogP contribution is -1.91. The molecule has 0 aromatic heterocycles. The van der Waals surface area contributed by atoms with E-state index in [1.54, 1.807) is 6.07 Å². The number of hydrogen-bond donors (Lipinski definition) is 0. The Kier molecular flexibility index (Phi) is 3.67. The number of nitriles is 1. The van der Waals surface area contributed by atoms with Crippen molar-refractivity contribution in [3.8, 4) is 6.07 Å². The van der Waals surface area contributed by atoms with Gasteiger partial charge in [0.15, 0.2) is 0 Å². The normalized spacial score (nSPS) is 10.2. The molecule has 0 N–H and O–H groups in total. The summed E-state index contributed by atoms with van der Waals surface area (Å²) in [6.45, 7) is 0. The Labute approximate surface area is 95.5 Å². The van der Waals surface area contributed by atoms with Gasteiger partial charge in [-0.1, -0.05) is 23.2 Å². The third kappa shape index (κ3) is 2.69. The lowest BCUT2D eigenvalue weighted by molar-refractivity contribution is -0.385. The highest BCUT2D eigenvalue weighted by atomic mass is 35.5. The van der Waals surface area contributed by atoms with Crippen LogP contribution in [0.25, 0.3) is 6.08 Å². The summed E-state index contributed by atoms with van der Waals surface area (Å²) in [5.41, 5.74) is 0.0619. The number of allylic oxidation sites excluding steroid dienone is 1. The van der Waals surface area contributed by atoms with E-state index in [1.165, 1.54) is 12.1 Å². The fourth-order valence-electron chi connectivity index (χ4n) is 0.970. The van der Waals surface area contributed by atoms with Gasteiger partial charge < -0.3 is 0 Å². The molecule has 0 aliphatic rings. The molecule has 1 aromatic rings. The third-order valence-electron chi connectivity index (χ3n) is 1.60. The Morgan fingerprint density at radius 2 is 2.00 bits per heavy atom. The second-order valence-electron chi connectivity index (χ2n) is 2.54. The van der Waals surface area contributed by atoms with Crippen molar-refractivity contribution in [2.45, 2.75) is 0 Å². The van der Waals surface area contributed by atoms with Crippen LogP contribution < -0.4 is 0 Å². The Balaban J connectivity index is 3.36. The van der Waals surface area contributed by atoms with Gasteiger partial charge in [-0.3, -0.25) is 10.1 Å². The molecule has 15 heavy (non-hydrogen) atoms. The van der Waals surface area contributed by atoms with E-state index >= 15 is 0 Å². The van der Waals surface area contributed by atoms with Crippen molar-refractivity contribution in [3.63, 3.8) is 0 Å². The predicted octanol–water partition coefficient (Wildman–Crippen LogP) is 3.44. The molecule has 1 rings (SSSR count). The van der Waals surface area contributed by atoms with Crippen LogP contribution in [-0.4, -0.2) is 4.92 Å². The Hall–Kier alpha value is -1.57. The number of halogens is 2. The first-order chi connectivity index (χ1) is 7.06. The van der Waals surface area contributed by atoms with Crippen LogP contribution in [-0.2, 0) is 0 Å². The first-order valence-electron chi connectivity index (χ1n) is 3.76. The largest absolute Gasteiger partial charge is 0.278 e. The second-order valence-corrected chi connectivity index (χ2v) is 3.36. The third-order valence-corrected chi connectivity index (χ3v) is 2.33. The average molecular weight is 243 g/mol. The average Bonchev–Trinajstić information content (AvgIpc) is 2.19. The predicted molar refractivity (Wildman–Crippen MR) is 57.8 cm³/mol. The fourth-order valence-corrected chi connectivity index (χ4v) is 1.30. The maximum absolute atomic E-state index is 10.6. The molecule has 0 aliphatic heterocycles. The highest BCUT2D eigenvalue weighted by molar-refractivity contribution is 6.42. The monoisotopic (exact) mass is 242 g/mol. The van der Waals surface area contributed by atoms with Gasteiger partial charge >= 0.3 is 0 Å². The molecule has 0 unspecified atom stereocenters. The zero-order valence-electron chi connectivity index (χ0n) is 7.28. The summed E-state index contributed by atoms with van der Waals surface area (Å²) in [7, 11) is 0. The molecule has 76 valence electrons. The Bertz CT molecular complexity index is 478. The van der Waals surface area contributed by atoms with E-state index < -0.39 is 4.92 Å². The van der Waals surface area contributed by atoms with E-state index in [-0.39, 0.29) is 21.3 Å². The molecule has 0 heterocycles. The van der Waals surface area contributed by atoms with Crippen molar-refractivity contribution in [1.29, 1.82) is 5.26 Å². The number of hydrogen-bond acceptors (Lipinski definition) is 3. The van der Waals surface area contributed by atoms with Crippen molar-refractivity contribution < 1.29 is 4.92 Å². The van der Waals surface area contributed by atoms with Gasteiger partial charge in [0.05, 0.1) is 26.6 Å². The maximum Gasteiger partial charge on any atom is 0.278 e. The van der Waals surface area contributed by atoms with Crippen molar-refractivity contribution in [2.75, 3.05) is 0 Å². The highest BCUT2D eigenvalue weighted by Crippen LogP contribution is 2.31. The van der Waals surface area contributed by atoms with Gasteiger partial charge in [-0.05, 0) is 12.1 Å². The van der Waals surface area contributed by atoms with Crippen molar-refractivity contribution in [2.24, 2.45) is 0 Å². The molecule has 0 saturated carbocycles. The summed E-state index contributed by atoms with van der Waals surface area (Å²) in [6.07, 6.45) is 2.44. The number of nitro groups is 1.